The van der Waals surface area contributed by atoms with Crippen molar-refractivity contribution in [1.29, 1.82) is 0 Å². The van der Waals surface area contributed by atoms with Gasteiger partial charge in [-0.1, -0.05) is 70.8 Å². The fourth-order valence-corrected chi connectivity index (χ4v) is 2.78. The first-order chi connectivity index (χ1) is 6.56. The molecular weight excluding hydrogens is 261 g/mol. The van der Waals surface area contributed by atoms with E-state index in [4.69, 9.17) is 34.8 Å². The molecule has 0 radical (unpaired) electrons. The number of nitrogens with zero attached hydrogens (tertiary/aromatic N) is 1. The maximum Gasteiger partial charge on any atom is 0.239 e. The Kier molecular flexibility index (Phi) is 2.98. The third-order valence-corrected chi connectivity index (χ3v) is 3.52. The molecule has 0 aliphatic carbocycles. The summed E-state index contributed by atoms with van der Waals surface area (Å²) < 4.78 is -1.32. The highest BCUT2D eigenvalue weighted by Gasteiger charge is 2.29. The summed E-state index contributed by atoms with van der Waals surface area (Å²) in [6.45, 7) is 0. The molecule has 5 heteroatoms. The summed E-state index contributed by atoms with van der Waals surface area (Å²) in [6.07, 6.45) is 1.81. The first-order valence-electron chi connectivity index (χ1n) is 3.93. The number of hydrogen-bond donors (Lipinski definition) is 0. The molecule has 74 valence electrons. The van der Waals surface area contributed by atoms with Crippen LogP contribution in [0.3, 0.4) is 0 Å². The van der Waals surface area contributed by atoms with E-state index in [1.54, 1.807) is 0 Å². The van der Waals surface area contributed by atoms with E-state index in [1.165, 1.54) is 11.8 Å². The first-order valence-corrected chi connectivity index (χ1v) is 5.94. The van der Waals surface area contributed by atoms with E-state index >= 15 is 0 Å². The number of halogens is 3. The molecular formula is C9H6Cl3NS. The molecule has 1 heterocycles. The van der Waals surface area contributed by atoms with Crippen LogP contribution in [-0.4, -0.2) is 9.34 Å². The molecule has 1 aliphatic heterocycles. The van der Waals surface area contributed by atoms with E-state index in [9.17, 15) is 0 Å². The Morgan fingerprint density at radius 2 is 1.93 bits per heavy atom. The van der Waals surface area contributed by atoms with Crippen molar-refractivity contribution in [2.24, 2.45) is 4.99 Å². The van der Waals surface area contributed by atoms with E-state index in [-0.39, 0.29) is 5.37 Å². The molecule has 1 nitrogen and oxygen atoms in total. The van der Waals surface area contributed by atoms with Gasteiger partial charge in [0.1, 0.15) is 5.37 Å². The van der Waals surface area contributed by atoms with E-state index < -0.39 is 3.12 Å². The molecule has 1 aliphatic rings. The van der Waals surface area contributed by atoms with Crippen molar-refractivity contribution in [3.05, 3.63) is 35.4 Å². The van der Waals surface area contributed by atoms with Gasteiger partial charge in [-0.05, 0) is 11.1 Å². The van der Waals surface area contributed by atoms with Crippen molar-refractivity contribution in [1.82, 2.24) is 0 Å². The van der Waals surface area contributed by atoms with Crippen LogP contribution >= 0.6 is 46.6 Å². The molecule has 0 N–H and O–H groups in total. The minimum Gasteiger partial charge on any atom is -0.273 e. The number of fused-ring (bicyclic) bond motifs is 1. The third kappa shape index (κ3) is 2.37. The standard InChI is InChI=1S/C9H6Cl3NS/c10-9(11,12)14-8-7-4-2-1-3-6(7)5-13-8/h1-5,8H. The minimum absolute atomic E-state index is 0.0984. The predicted molar refractivity (Wildman–Crippen MR) is 64.7 cm³/mol. The fourth-order valence-electron chi connectivity index (χ4n) is 1.30. The second kappa shape index (κ2) is 3.93. The Morgan fingerprint density at radius 1 is 1.21 bits per heavy atom. The van der Waals surface area contributed by atoms with Gasteiger partial charge in [-0.15, -0.1) is 0 Å². The van der Waals surface area contributed by atoms with Crippen LogP contribution in [0, 0.1) is 0 Å². The lowest BCUT2D eigenvalue weighted by Gasteiger charge is -2.15. The van der Waals surface area contributed by atoms with E-state index in [0.29, 0.717) is 0 Å². The van der Waals surface area contributed by atoms with Gasteiger partial charge in [-0.25, -0.2) is 0 Å². The number of benzene rings is 1. The monoisotopic (exact) mass is 265 g/mol. The van der Waals surface area contributed by atoms with Crippen molar-refractivity contribution in [2.75, 3.05) is 0 Å². The van der Waals surface area contributed by atoms with Gasteiger partial charge in [0, 0.05) is 6.21 Å². The van der Waals surface area contributed by atoms with Gasteiger partial charge in [-0.2, -0.15) is 0 Å². The van der Waals surface area contributed by atoms with Crippen molar-refractivity contribution in [3.63, 3.8) is 0 Å². The largest absolute Gasteiger partial charge is 0.273 e. The highest BCUT2D eigenvalue weighted by Crippen LogP contribution is 2.49. The fraction of sp³-hybridized carbons (Fsp3) is 0.222. The van der Waals surface area contributed by atoms with Gasteiger partial charge >= 0.3 is 0 Å². The van der Waals surface area contributed by atoms with Crippen molar-refractivity contribution in [3.8, 4) is 0 Å². The summed E-state index contributed by atoms with van der Waals surface area (Å²) in [7, 11) is 0. The zero-order valence-corrected chi connectivity index (χ0v) is 10.0. The molecule has 14 heavy (non-hydrogen) atoms. The van der Waals surface area contributed by atoms with Gasteiger partial charge in [0.2, 0.25) is 3.12 Å². The van der Waals surface area contributed by atoms with E-state index in [0.717, 1.165) is 11.1 Å². The van der Waals surface area contributed by atoms with Crippen molar-refractivity contribution in [2.45, 2.75) is 8.50 Å². The molecule has 0 saturated heterocycles. The van der Waals surface area contributed by atoms with Gasteiger partial charge < -0.3 is 0 Å². The molecule has 1 unspecified atom stereocenters. The van der Waals surface area contributed by atoms with Crippen LogP contribution < -0.4 is 0 Å². The number of alkyl halides is 3. The number of rotatable bonds is 1. The Bertz CT molecular complexity index is 373. The summed E-state index contributed by atoms with van der Waals surface area (Å²) >= 11 is 18.3. The molecule has 0 saturated carbocycles. The van der Waals surface area contributed by atoms with Gasteiger partial charge in [0.25, 0.3) is 0 Å². The predicted octanol–water partition coefficient (Wildman–Crippen LogP) is 4.18. The Labute approximate surface area is 101 Å². The van der Waals surface area contributed by atoms with Crippen LogP contribution in [0.4, 0.5) is 0 Å². The summed E-state index contributed by atoms with van der Waals surface area (Å²) in [5.41, 5.74) is 2.20. The number of thioether (sulfide) groups is 1. The number of hydrogen-bond acceptors (Lipinski definition) is 2. The van der Waals surface area contributed by atoms with E-state index in [2.05, 4.69) is 4.99 Å². The highest BCUT2D eigenvalue weighted by atomic mass is 35.6. The summed E-state index contributed by atoms with van der Waals surface area (Å²) in [5.74, 6) is 0. The van der Waals surface area contributed by atoms with Crippen LogP contribution in [0.25, 0.3) is 0 Å². The lowest BCUT2D eigenvalue weighted by molar-refractivity contribution is 1.07. The molecule has 0 aromatic heterocycles. The zero-order chi connectivity index (χ0) is 10.2. The average Bonchev–Trinajstić information content (AvgIpc) is 2.47. The van der Waals surface area contributed by atoms with Crippen LogP contribution in [0.1, 0.15) is 16.5 Å². The topological polar surface area (TPSA) is 12.4 Å². The van der Waals surface area contributed by atoms with Crippen LogP contribution in [0.15, 0.2) is 29.3 Å². The molecule has 0 spiro atoms. The molecule has 0 fully saturated rings. The highest BCUT2D eigenvalue weighted by molar-refractivity contribution is 8.04. The van der Waals surface area contributed by atoms with Gasteiger partial charge in [-0.3, -0.25) is 4.99 Å². The molecule has 1 aromatic rings. The van der Waals surface area contributed by atoms with Crippen LogP contribution in [-0.2, 0) is 0 Å². The maximum atomic E-state index is 5.70. The minimum atomic E-state index is -1.32. The summed E-state index contributed by atoms with van der Waals surface area (Å²) in [5, 5.41) is -0.0984. The Hall–Kier alpha value is 0.110. The molecule has 0 bridgehead atoms. The SMILES string of the molecule is ClC(Cl)(Cl)SC1N=Cc2ccccc21. The molecule has 1 aromatic carbocycles. The maximum absolute atomic E-state index is 5.70. The average molecular weight is 267 g/mol. The van der Waals surface area contributed by atoms with Crippen molar-refractivity contribution < 1.29 is 0 Å². The quantitative estimate of drug-likeness (QED) is 0.695. The van der Waals surface area contributed by atoms with E-state index in [1.807, 2.05) is 30.5 Å². The third-order valence-electron chi connectivity index (χ3n) is 1.86. The lowest BCUT2D eigenvalue weighted by Crippen LogP contribution is -1.98. The number of aliphatic imine (C=N–C) groups is 1. The van der Waals surface area contributed by atoms with Crippen molar-refractivity contribution >= 4 is 52.8 Å². The second-order valence-electron chi connectivity index (χ2n) is 2.82. The molecule has 1 atom stereocenters. The van der Waals surface area contributed by atoms with Gasteiger partial charge in [0.05, 0.1) is 0 Å². The molecule has 2 rings (SSSR count). The summed E-state index contributed by atoms with van der Waals surface area (Å²) in [4.78, 5) is 4.27. The zero-order valence-electron chi connectivity index (χ0n) is 6.95. The van der Waals surface area contributed by atoms with Crippen LogP contribution in [0.5, 0.6) is 0 Å². The normalized spacial score (nSPS) is 19.8. The molecule has 0 amide bonds. The second-order valence-corrected chi connectivity index (χ2v) is 7.07. The smallest absolute Gasteiger partial charge is 0.239 e. The Balaban J connectivity index is 2.23. The lowest BCUT2D eigenvalue weighted by atomic mass is 10.1. The summed E-state index contributed by atoms with van der Waals surface area (Å²) in [6, 6.07) is 7.92. The van der Waals surface area contributed by atoms with Crippen LogP contribution in [0.2, 0.25) is 0 Å². The Morgan fingerprint density at radius 3 is 2.64 bits per heavy atom. The first kappa shape index (κ1) is 10.6. The van der Waals surface area contributed by atoms with Gasteiger partial charge in [0.15, 0.2) is 0 Å².